The average molecular weight is 324 g/mol. The van der Waals surface area contributed by atoms with Crippen molar-refractivity contribution in [3.8, 4) is 0 Å². The Hall–Kier alpha value is -2.13. The molecule has 2 aromatic carbocycles. The van der Waals surface area contributed by atoms with Crippen LogP contribution < -0.4 is 5.32 Å². The standard InChI is InChI=1S/C21H28N2O/c1-21(2,3)19-12-8-17(9-13-19)15-23(5)14-16-6-10-18(11-7-16)20(24)22-4/h6-13H,14-15H2,1-5H3,(H,22,24). The zero-order valence-corrected chi connectivity index (χ0v) is 15.4. The summed E-state index contributed by atoms with van der Waals surface area (Å²) >= 11 is 0. The van der Waals surface area contributed by atoms with Crippen molar-refractivity contribution in [1.82, 2.24) is 10.2 Å². The van der Waals surface area contributed by atoms with Crippen LogP contribution in [0.5, 0.6) is 0 Å². The minimum Gasteiger partial charge on any atom is -0.355 e. The van der Waals surface area contributed by atoms with Crippen LogP contribution >= 0.6 is 0 Å². The maximum absolute atomic E-state index is 11.6. The van der Waals surface area contributed by atoms with Crippen LogP contribution in [0.15, 0.2) is 48.5 Å². The minimum atomic E-state index is -0.0474. The molecule has 0 aliphatic carbocycles. The van der Waals surface area contributed by atoms with Gasteiger partial charge in [0.15, 0.2) is 0 Å². The fourth-order valence-corrected chi connectivity index (χ4v) is 2.70. The highest BCUT2D eigenvalue weighted by Crippen LogP contribution is 2.22. The zero-order valence-electron chi connectivity index (χ0n) is 15.4. The van der Waals surface area contributed by atoms with Gasteiger partial charge in [0.05, 0.1) is 0 Å². The van der Waals surface area contributed by atoms with E-state index in [0.29, 0.717) is 5.56 Å². The summed E-state index contributed by atoms with van der Waals surface area (Å²) in [6.45, 7) is 8.46. The Morgan fingerprint density at radius 3 is 1.79 bits per heavy atom. The first-order valence-corrected chi connectivity index (χ1v) is 8.38. The normalized spacial score (nSPS) is 11.6. The van der Waals surface area contributed by atoms with Gasteiger partial charge in [0.1, 0.15) is 0 Å². The molecule has 0 aliphatic heterocycles. The Balaban J connectivity index is 1.95. The molecule has 1 N–H and O–H groups in total. The first kappa shape index (κ1) is 18.2. The molecule has 0 spiro atoms. The summed E-state index contributed by atoms with van der Waals surface area (Å²) in [7, 11) is 3.76. The van der Waals surface area contributed by atoms with Crippen molar-refractivity contribution in [3.63, 3.8) is 0 Å². The lowest BCUT2D eigenvalue weighted by Gasteiger charge is -2.21. The molecule has 0 saturated heterocycles. The van der Waals surface area contributed by atoms with Gasteiger partial charge in [-0.05, 0) is 41.3 Å². The minimum absolute atomic E-state index is 0.0474. The lowest BCUT2D eigenvalue weighted by Crippen LogP contribution is -2.19. The maximum atomic E-state index is 11.6. The second-order valence-corrected chi connectivity index (χ2v) is 7.40. The Labute approximate surface area is 145 Å². The highest BCUT2D eigenvalue weighted by Gasteiger charge is 2.13. The van der Waals surface area contributed by atoms with Crippen LogP contribution in [0.2, 0.25) is 0 Å². The average Bonchev–Trinajstić information content (AvgIpc) is 2.54. The summed E-state index contributed by atoms with van der Waals surface area (Å²) in [5.74, 6) is -0.0474. The van der Waals surface area contributed by atoms with Gasteiger partial charge >= 0.3 is 0 Å². The predicted molar refractivity (Wildman–Crippen MR) is 100 cm³/mol. The van der Waals surface area contributed by atoms with E-state index >= 15 is 0 Å². The zero-order chi connectivity index (χ0) is 17.7. The molecule has 3 nitrogen and oxygen atoms in total. The van der Waals surface area contributed by atoms with E-state index < -0.39 is 0 Å². The van der Waals surface area contributed by atoms with Crippen LogP contribution in [-0.2, 0) is 18.5 Å². The Bertz CT molecular complexity index is 666. The van der Waals surface area contributed by atoms with Crippen molar-refractivity contribution >= 4 is 5.91 Å². The molecular formula is C21H28N2O. The third kappa shape index (κ3) is 4.93. The topological polar surface area (TPSA) is 32.3 Å². The lowest BCUT2D eigenvalue weighted by molar-refractivity contribution is 0.0963. The van der Waals surface area contributed by atoms with Crippen molar-refractivity contribution < 1.29 is 4.79 Å². The second-order valence-electron chi connectivity index (χ2n) is 7.40. The molecule has 2 rings (SSSR count). The van der Waals surface area contributed by atoms with Crippen molar-refractivity contribution in [2.24, 2.45) is 0 Å². The second kappa shape index (κ2) is 7.63. The summed E-state index contributed by atoms with van der Waals surface area (Å²) < 4.78 is 0. The number of nitrogens with zero attached hydrogens (tertiary/aromatic N) is 1. The van der Waals surface area contributed by atoms with Crippen LogP contribution in [0.25, 0.3) is 0 Å². The molecule has 0 unspecified atom stereocenters. The van der Waals surface area contributed by atoms with Crippen LogP contribution in [0.1, 0.15) is 47.8 Å². The molecule has 24 heavy (non-hydrogen) atoms. The summed E-state index contributed by atoms with van der Waals surface area (Å²) in [6.07, 6.45) is 0. The summed E-state index contributed by atoms with van der Waals surface area (Å²) in [4.78, 5) is 13.8. The quantitative estimate of drug-likeness (QED) is 0.902. The molecule has 0 aliphatic rings. The molecule has 128 valence electrons. The number of rotatable bonds is 5. The number of hydrogen-bond acceptors (Lipinski definition) is 2. The van der Waals surface area contributed by atoms with Crippen LogP contribution in [-0.4, -0.2) is 24.9 Å². The lowest BCUT2D eigenvalue weighted by atomic mass is 9.87. The Kier molecular flexibility index (Phi) is 5.79. The largest absolute Gasteiger partial charge is 0.355 e. The molecule has 3 heteroatoms. The van der Waals surface area contributed by atoms with E-state index in [1.54, 1.807) is 7.05 Å². The third-order valence-electron chi connectivity index (χ3n) is 4.17. The fraction of sp³-hybridized carbons (Fsp3) is 0.381. The van der Waals surface area contributed by atoms with E-state index in [-0.39, 0.29) is 11.3 Å². The number of carbonyl (C=O) groups excluding carboxylic acids is 1. The van der Waals surface area contributed by atoms with Gasteiger partial charge in [-0.2, -0.15) is 0 Å². The number of nitrogens with one attached hydrogen (secondary N) is 1. The molecule has 0 aromatic heterocycles. The van der Waals surface area contributed by atoms with Crippen LogP contribution in [0, 0.1) is 0 Å². The Morgan fingerprint density at radius 2 is 1.38 bits per heavy atom. The summed E-state index contributed by atoms with van der Waals surface area (Å²) in [5, 5.41) is 2.64. The predicted octanol–water partition coefficient (Wildman–Crippen LogP) is 3.98. The molecular weight excluding hydrogens is 296 g/mol. The van der Waals surface area contributed by atoms with Gasteiger partial charge in [0.25, 0.3) is 5.91 Å². The van der Waals surface area contributed by atoms with Gasteiger partial charge in [-0.1, -0.05) is 57.2 Å². The van der Waals surface area contributed by atoms with Gasteiger partial charge in [-0.15, -0.1) is 0 Å². The monoisotopic (exact) mass is 324 g/mol. The third-order valence-corrected chi connectivity index (χ3v) is 4.17. The molecule has 0 heterocycles. The molecule has 0 saturated carbocycles. The highest BCUT2D eigenvalue weighted by molar-refractivity contribution is 5.93. The van der Waals surface area contributed by atoms with Gasteiger partial charge < -0.3 is 5.32 Å². The molecule has 0 fully saturated rings. The van der Waals surface area contributed by atoms with E-state index in [0.717, 1.165) is 13.1 Å². The Morgan fingerprint density at radius 1 is 0.917 bits per heavy atom. The fourth-order valence-electron chi connectivity index (χ4n) is 2.70. The molecule has 1 amide bonds. The SMILES string of the molecule is CNC(=O)c1ccc(CN(C)Cc2ccc(C(C)(C)C)cc2)cc1. The van der Waals surface area contributed by atoms with Crippen molar-refractivity contribution in [2.75, 3.05) is 14.1 Å². The van der Waals surface area contributed by atoms with Gasteiger partial charge in [0, 0.05) is 25.7 Å². The number of hydrogen-bond donors (Lipinski definition) is 1. The molecule has 0 atom stereocenters. The smallest absolute Gasteiger partial charge is 0.251 e. The molecule has 2 aromatic rings. The first-order valence-electron chi connectivity index (χ1n) is 8.38. The van der Waals surface area contributed by atoms with Gasteiger partial charge in [-0.25, -0.2) is 0 Å². The summed E-state index contributed by atoms with van der Waals surface area (Å²) in [5.41, 5.74) is 4.76. The highest BCUT2D eigenvalue weighted by atomic mass is 16.1. The maximum Gasteiger partial charge on any atom is 0.251 e. The van der Waals surface area contributed by atoms with Gasteiger partial charge in [-0.3, -0.25) is 9.69 Å². The van der Waals surface area contributed by atoms with E-state index in [2.05, 4.69) is 62.3 Å². The number of benzene rings is 2. The van der Waals surface area contributed by atoms with Crippen LogP contribution in [0.4, 0.5) is 0 Å². The van der Waals surface area contributed by atoms with Crippen molar-refractivity contribution in [3.05, 3.63) is 70.8 Å². The molecule has 0 radical (unpaired) electrons. The number of carbonyl (C=O) groups is 1. The van der Waals surface area contributed by atoms with E-state index in [9.17, 15) is 4.79 Å². The first-order chi connectivity index (χ1) is 11.3. The van der Waals surface area contributed by atoms with Crippen molar-refractivity contribution in [1.29, 1.82) is 0 Å². The molecule has 0 bridgehead atoms. The van der Waals surface area contributed by atoms with Gasteiger partial charge in [0.2, 0.25) is 0 Å². The van der Waals surface area contributed by atoms with E-state index in [4.69, 9.17) is 0 Å². The number of amides is 1. The van der Waals surface area contributed by atoms with Crippen LogP contribution in [0.3, 0.4) is 0 Å². The summed E-state index contributed by atoms with van der Waals surface area (Å²) in [6, 6.07) is 16.7. The van der Waals surface area contributed by atoms with E-state index in [1.807, 2.05) is 24.3 Å². The van der Waals surface area contributed by atoms with E-state index in [1.165, 1.54) is 16.7 Å². The van der Waals surface area contributed by atoms with Crippen molar-refractivity contribution in [2.45, 2.75) is 39.3 Å².